The number of aromatic hydroxyl groups is 1. The molecular weight excluding hydrogens is 264 g/mol. The molecule has 4 nitrogen and oxygen atoms in total. The summed E-state index contributed by atoms with van der Waals surface area (Å²) in [6.07, 6.45) is 0.935. The van der Waals surface area contributed by atoms with Crippen molar-refractivity contribution in [2.45, 2.75) is 19.4 Å². The Kier molecular flexibility index (Phi) is 3.71. The fourth-order valence-electron chi connectivity index (χ4n) is 2.68. The molecule has 0 amide bonds. The summed E-state index contributed by atoms with van der Waals surface area (Å²) in [6.45, 7) is 3.43. The Morgan fingerprint density at radius 3 is 2.81 bits per heavy atom. The lowest BCUT2D eigenvalue weighted by atomic mass is 10.1. The van der Waals surface area contributed by atoms with Crippen LogP contribution in [0.5, 0.6) is 11.5 Å². The van der Waals surface area contributed by atoms with Gasteiger partial charge in [-0.3, -0.25) is 0 Å². The summed E-state index contributed by atoms with van der Waals surface area (Å²) in [7, 11) is 0. The van der Waals surface area contributed by atoms with Gasteiger partial charge in [-0.2, -0.15) is 0 Å². The number of hydrogen-bond donors (Lipinski definition) is 2. The van der Waals surface area contributed by atoms with E-state index < -0.39 is 0 Å². The number of phenolic OH excluding ortho intramolecular Hbond substituents is 1. The van der Waals surface area contributed by atoms with Crippen molar-refractivity contribution in [3.63, 3.8) is 0 Å². The molecule has 110 valence electrons. The number of hydrogen-bond acceptors (Lipinski definition) is 4. The van der Waals surface area contributed by atoms with Crippen LogP contribution in [0.25, 0.3) is 0 Å². The zero-order valence-electron chi connectivity index (χ0n) is 12.1. The van der Waals surface area contributed by atoms with Crippen molar-refractivity contribution in [2.75, 3.05) is 18.1 Å². The molecule has 1 heterocycles. The van der Waals surface area contributed by atoms with Crippen LogP contribution in [0.1, 0.15) is 24.9 Å². The van der Waals surface area contributed by atoms with E-state index in [0.717, 1.165) is 35.7 Å². The molecule has 1 atom stereocenters. The van der Waals surface area contributed by atoms with Gasteiger partial charge in [-0.1, -0.05) is 18.2 Å². The van der Waals surface area contributed by atoms with E-state index in [-0.39, 0.29) is 11.8 Å². The minimum Gasteiger partial charge on any atom is -0.508 e. The highest BCUT2D eigenvalue weighted by molar-refractivity contribution is 5.71. The zero-order valence-corrected chi connectivity index (χ0v) is 12.1. The fraction of sp³-hybridized carbons (Fsp3) is 0.294. The van der Waals surface area contributed by atoms with Crippen LogP contribution in [-0.2, 0) is 0 Å². The maximum absolute atomic E-state index is 10.2. The summed E-state index contributed by atoms with van der Waals surface area (Å²) in [5.41, 5.74) is 8.60. The first-order chi connectivity index (χ1) is 10.2. The van der Waals surface area contributed by atoms with Crippen LogP contribution in [0.4, 0.5) is 11.4 Å². The van der Waals surface area contributed by atoms with Gasteiger partial charge < -0.3 is 20.5 Å². The number of nitrogens with zero attached hydrogens (tertiary/aromatic N) is 1. The van der Waals surface area contributed by atoms with Gasteiger partial charge >= 0.3 is 0 Å². The molecule has 3 rings (SSSR count). The average molecular weight is 284 g/mol. The summed E-state index contributed by atoms with van der Waals surface area (Å²) in [5, 5.41) is 10.2. The Hall–Kier alpha value is -2.20. The van der Waals surface area contributed by atoms with Crippen molar-refractivity contribution in [1.29, 1.82) is 0 Å². The van der Waals surface area contributed by atoms with E-state index >= 15 is 0 Å². The van der Waals surface area contributed by atoms with Gasteiger partial charge in [0.1, 0.15) is 11.5 Å². The highest BCUT2D eigenvalue weighted by Crippen LogP contribution is 2.38. The van der Waals surface area contributed by atoms with Crippen LogP contribution in [0.2, 0.25) is 0 Å². The Morgan fingerprint density at radius 1 is 1.24 bits per heavy atom. The standard InChI is InChI=1S/C17H20N2O2/c1-12(18)14-8-7-13(11-16(14)20)19-9-4-10-21-17-6-3-2-5-15(17)19/h2-3,5-8,11-12,20H,4,9-10,18H2,1H3. The van der Waals surface area contributed by atoms with Crippen molar-refractivity contribution in [2.24, 2.45) is 5.73 Å². The van der Waals surface area contributed by atoms with Gasteiger partial charge in [-0.05, 0) is 31.5 Å². The predicted octanol–water partition coefficient (Wildman–Crippen LogP) is 3.33. The maximum Gasteiger partial charge on any atom is 0.142 e. The first kappa shape index (κ1) is 13.8. The number of phenols is 1. The van der Waals surface area contributed by atoms with E-state index in [0.29, 0.717) is 6.61 Å². The third-order valence-corrected chi connectivity index (χ3v) is 3.76. The second-order valence-electron chi connectivity index (χ2n) is 5.35. The van der Waals surface area contributed by atoms with Crippen molar-refractivity contribution >= 4 is 11.4 Å². The number of rotatable bonds is 2. The lowest BCUT2D eigenvalue weighted by molar-refractivity contribution is 0.322. The monoisotopic (exact) mass is 284 g/mol. The first-order valence-electron chi connectivity index (χ1n) is 7.24. The van der Waals surface area contributed by atoms with Crippen molar-refractivity contribution < 1.29 is 9.84 Å². The Balaban J connectivity index is 2.02. The van der Waals surface area contributed by atoms with Crippen LogP contribution in [0.3, 0.4) is 0 Å². The second kappa shape index (κ2) is 5.66. The molecule has 4 heteroatoms. The topological polar surface area (TPSA) is 58.7 Å². The van der Waals surface area contributed by atoms with E-state index in [1.807, 2.05) is 43.3 Å². The molecule has 0 saturated heterocycles. The summed E-state index contributed by atoms with van der Waals surface area (Å²) in [4.78, 5) is 2.17. The Morgan fingerprint density at radius 2 is 2.05 bits per heavy atom. The van der Waals surface area contributed by atoms with Gasteiger partial charge in [-0.25, -0.2) is 0 Å². The fourth-order valence-corrected chi connectivity index (χ4v) is 2.68. The van der Waals surface area contributed by atoms with Crippen LogP contribution >= 0.6 is 0 Å². The minimum atomic E-state index is -0.182. The third kappa shape index (κ3) is 2.67. The zero-order chi connectivity index (χ0) is 14.8. The SMILES string of the molecule is CC(N)c1ccc(N2CCCOc3ccccc32)cc1O. The molecule has 2 aromatic rings. The summed E-state index contributed by atoms with van der Waals surface area (Å²) >= 11 is 0. The molecule has 1 aliphatic heterocycles. The molecule has 0 spiro atoms. The Labute approximate surface area is 124 Å². The molecule has 0 saturated carbocycles. The van der Waals surface area contributed by atoms with Crippen LogP contribution in [-0.4, -0.2) is 18.3 Å². The minimum absolute atomic E-state index is 0.182. The first-order valence-corrected chi connectivity index (χ1v) is 7.24. The molecule has 0 fully saturated rings. The van der Waals surface area contributed by atoms with E-state index in [2.05, 4.69) is 4.90 Å². The Bertz CT molecular complexity index is 640. The molecule has 0 radical (unpaired) electrons. The molecule has 1 aliphatic rings. The second-order valence-corrected chi connectivity index (χ2v) is 5.35. The molecule has 0 aromatic heterocycles. The van der Waals surface area contributed by atoms with Gasteiger partial charge in [0.25, 0.3) is 0 Å². The van der Waals surface area contributed by atoms with Crippen molar-refractivity contribution in [3.8, 4) is 11.5 Å². The van der Waals surface area contributed by atoms with E-state index in [4.69, 9.17) is 10.5 Å². The number of ether oxygens (including phenoxy) is 1. The highest BCUT2D eigenvalue weighted by atomic mass is 16.5. The lowest BCUT2D eigenvalue weighted by Gasteiger charge is -2.24. The quantitative estimate of drug-likeness (QED) is 0.888. The van der Waals surface area contributed by atoms with E-state index in [1.54, 1.807) is 6.07 Å². The normalized spacial score (nSPS) is 15.8. The van der Waals surface area contributed by atoms with Crippen molar-refractivity contribution in [1.82, 2.24) is 0 Å². The number of para-hydroxylation sites is 2. The number of anilines is 2. The van der Waals surface area contributed by atoms with Gasteiger partial charge in [0.2, 0.25) is 0 Å². The summed E-state index contributed by atoms with van der Waals surface area (Å²) < 4.78 is 5.77. The molecule has 2 aromatic carbocycles. The van der Waals surface area contributed by atoms with Crippen LogP contribution in [0, 0.1) is 0 Å². The van der Waals surface area contributed by atoms with Crippen molar-refractivity contribution in [3.05, 3.63) is 48.0 Å². The summed E-state index contributed by atoms with van der Waals surface area (Å²) in [6, 6.07) is 13.5. The molecular formula is C17H20N2O2. The molecule has 3 N–H and O–H groups in total. The number of fused-ring (bicyclic) bond motifs is 1. The number of nitrogens with two attached hydrogens (primary N) is 1. The molecule has 1 unspecified atom stereocenters. The summed E-state index contributed by atoms with van der Waals surface area (Å²) in [5.74, 6) is 1.12. The van der Waals surface area contributed by atoms with E-state index in [1.165, 1.54) is 0 Å². The highest BCUT2D eigenvalue weighted by Gasteiger charge is 2.18. The van der Waals surface area contributed by atoms with Gasteiger partial charge in [-0.15, -0.1) is 0 Å². The largest absolute Gasteiger partial charge is 0.508 e. The van der Waals surface area contributed by atoms with Gasteiger partial charge in [0.15, 0.2) is 0 Å². The number of benzene rings is 2. The third-order valence-electron chi connectivity index (χ3n) is 3.76. The smallest absolute Gasteiger partial charge is 0.142 e. The van der Waals surface area contributed by atoms with Crippen LogP contribution in [0.15, 0.2) is 42.5 Å². The lowest BCUT2D eigenvalue weighted by Crippen LogP contribution is -2.17. The van der Waals surface area contributed by atoms with Gasteiger partial charge in [0, 0.05) is 29.9 Å². The van der Waals surface area contributed by atoms with Gasteiger partial charge in [0.05, 0.1) is 12.3 Å². The molecule has 0 bridgehead atoms. The maximum atomic E-state index is 10.2. The van der Waals surface area contributed by atoms with E-state index in [9.17, 15) is 5.11 Å². The average Bonchev–Trinajstić information content (AvgIpc) is 2.69. The predicted molar refractivity (Wildman–Crippen MR) is 84.3 cm³/mol. The van der Waals surface area contributed by atoms with Crippen LogP contribution < -0.4 is 15.4 Å². The molecule has 0 aliphatic carbocycles. The molecule has 21 heavy (non-hydrogen) atoms.